The SMILES string of the molecule is CC(=O)Oc1ccc2c3c1O[C@H]1[C@H](N(CC(C)C)C(=O)C=Cc4cccc(OC(F)(F)F)c4)CC[C@@]4(O)[C@@H](C2)N(C)CC[C@]314. The second kappa shape index (κ2) is 10.8. The van der Waals surface area contributed by atoms with Crippen LogP contribution in [0.3, 0.4) is 0 Å². The minimum atomic E-state index is -4.82. The second-order valence-corrected chi connectivity index (χ2v) is 12.8. The zero-order valence-corrected chi connectivity index (χ0v) is 25.2. The first-order valence-corrected chi connectivity index (χ1v) is 15.0. The maximum absolute atomic E-state index is 13.9. The van der Waals surface area contributed by atoms with Crippen molar-refractivity contribution < 1.29 is 42.1 Å². The van der Waals surface area contributed by atoms with Gasteiger partial charge in [-0.2, -0.15) is 0 Å². The van der Waals surface area contributed by atoms with E-state index in [-0.39, 0.29) is 23.6 Å². The summed E-state index contributed by atoms with van der Waals surface area (Å²) in [6.07, 6.45) is -0.406. The molecule has 8 nitrogen and oxygen atoms in total. The van der Waals surface area contributed by atoms with Crippen LogP contribution in [0.5, 0.6) is 17.2 Å². The first-order valence-electron chi connectivity index (χ1n) is 15.0. The highest BCUT2D eigenvalue weighted by Gasteiger charge is 2.73. The molecule has 44 heavy (non-hydrogen) atoms. The molecule has 2 aromatic rings. The van der Waals surface area contributed by atoms with E-state index < -0.39 is 35.5 Å². The third-order valence-electron chi connectivity index (χ3n) is 9.69. The number of carbonyl (C=O) groups excluding carboxylic acids is 2. The van der Waals surface area contributed by atoms with Crippen molar-refractivity contribution in [2.75, 3.05) is 20.1 Å². The van der Waals surface area contributed by atoms with Crippen molar-refractivity contribution in [1.29, 1.82) is 0 Å². The van der Waals surface area contributed by atoms with Gasteiger partial charge in [0.25, 0.3) is 0 Å². The number of nitrogens with zero attached hydrogens (tertiary/aromatic N) is 2. The Bertz CT molecular complexity index is 1510. The number of likely N-dealkylation sites (N-methyl/N-ethyl adjacent to an activating group) is 1. The molecule has 6 rings (SSSR count). The molecule has 2 aromatic carbocycles. The van der Waals surface area contributed by atoms with E-state index in [4.69, 9.17) is 9.47 Å². The molecule has 1 N–H and O–H groups in total. The van der Waals surface area contributed by atoms with Gasteiger partial charge < -0.3 is 29.1 Å². The normalized spacial score (nSPS) is 28.9. The minimum absolute atomic E-state index is 0.0988. The van der Waals surface area contributed by atoms with Gasteiger partial charge in [-0.05, 0) is 80.6 Å². The highest BCUT2D eigenvalue weighted by molar-refractivity contribution is 5.92. The van der Waals surface area contributed by atoms with Crippen molar-refractivity contribution in [3.05, 3.63) is 59.2 Å². The molecule has 11 heteroatoms. The second-order valence-electron chi connectivity index (χ2n) is 12.8. The zero-order valence-electron chi connectivity index (χ0n) is 25.2. The van der Waals surface area contributed by atoms with Crippen LogP contribution in [0.25, 0.3) is 6.08 Å². The average Bonchev–Trinajstić information content (AvgIpc) is 3.28. The Morgan fingerprint density at radius 1 is 1.23 bits per heavy atom. The number of benzene rings is 2. The van der Waals surface area contributed by atoms with Gasteiger partial charge in [0.2, 0.25) is 5.91 Å². The van der Waals surface area contributed by atoms with Crippen LogP contribution in [0, 0.1) is 5.92 Å². The Kier molecular flexibility index (Phi) is 7.48. The summed E-state index contributed by atoms with van der Waals surface area (Å²) >= 11 is 0. The number of ether oxygens (including phenoxy) is 3. The van der Waals surface area contributed by atoms with E-state index in [1.54, 1.807) is 17.0 Å². The number of carbonyl (C=O) groups is 2. The van der Waals surface area contributed by atoms with Crippen molar-refractivity contribution in [2.24, 2.45) is 5.92 Å². The highest BCUT2D eigenvalue weighted by Crippen LogP contribution is 2.65. The minimum Gasteiger partial charge on any atom is -0.483 e. The number of piperidine rings is 1. The summed E-state index contributed by atoms with van der Waals surface area (Å²) in [6, 6.07) is 8.59. The Hall–Kier alpha value is -3.57. The molecule has 2 heterocycles. The summed E-state index contributed by atoms with van der Waals surface area (Å²) in [5, 5.41) is 12.6. The predicted molar refractivity (Wildman–Crippen MR) is 155 cm³/mol. The molecule has 1 spiro atoms. The van der Waals surface area contributed by atoms with E-state index in [2.05, 4.69) is 9.64 Å². The van der Waals surface area contributed by atoms with Crippen LogP contribution < -0.4 is 14.2 Å². The van der Waals surface area contributed by atoms with Gasteiger partial charge in [-0.15, -0.1) is 13.2 Å². The lowest BCUT2D eigenvalue weighted by atomic mass is 9.48. The molecule has 2 fully saturated rings. The Morgan fingerprint density at radius 3 is 2.70 bits per heavy atom. The summed E-state index contributed by atoms with van der Waals surface area (Å²) in [7, 11) is 2.03. The number of aliphatic hydroxyl groups is 1. The summed E-state index contributed by atoms with van der Waals surface area (Å²) in [6.45, 7) is 6.48. The largest absolute Gasteiger partial charge is 0.573 e. The number of hydrogen-bond acceptors (Lipinski definition) is 7. The van der Waals surface area contributed by atoms with Crippen molar-refractivity contribution in [3.63, 3.8) is 0 Å². The van der Waals surface area contributed by atoms with Gasteiger partial charge in [0.15, 0.2) is 11.5 Å². The van der Waals surface area contributed by atoms with Crippen molar-refractivity contribution in [2.45, 2.75) is 82.0 Å². The standard InChI is InChI=1S/C33H37F3N2O6/c1-19(2)18-38(27(40)11-8-21-6-5-7-23(16-21)44-33(34,35)36)24-12-13-32(41)26-17-22-9-10-25(42-20(3)39)29-28(22)31(32,30(24)43-29)14-15-37(26)4/h5-11,16,19,24,26,30,41H,12-15,17-18H2,1-4H3/t24-,26-,30+,31+,32-/m1/s1. The van der Waals surface area contributed by atoms with Crippen LogP contribution in [0.4, 0.5) is 13.2 Å². The summed E-state index contributed by atoms with van der Waals surface area (Å²) < 4.78 is 54.6. The topological polar surface area (TPSA) is 88.5 Å². The first-order chi connectivity index (χ1) is 20.7. The van der Waals surface area contributed by atoms with Crippen LogP contribution in [0.1, 0.15) is 56.7 Å². The molecule has 236 valence electrons. The quantitative estimate of drug-likeness (QED) is 0.271. The van der Waals surface area contributed by atoms with Crippen molar-refractivity contribution in [1.82, 2.24) is 9.80 Å². The van der Waals surface area contributed by atoms with Crippen molar-refractivity contribution in [3.8, 4) is 17.2 Å². The molecule has 2 bridgehead atoms. The van der Waals surface area contributed by atoms with Crippen LogP contribution in [0.2, 0.25) is 0 Å². The maximum Gasteiger partial charge on any atom is 0.573 e. The molecule has 2 aliphatic heterocycles. The van der Waals surface area contributed by atoms with E-state index in [0.717, 1.165) is 17.7 Å². The lowest BCUT2D eigenvalue weighted by molar-refractivity contribution is -0.274. The number of alkyl halides is 3. The monoisotopic (exact) mass is 614 g/mol. The molecule has 1 amide bonds. The average molecular weight is 615 g/mol. The van der Waals surface area contributed by atoms with Gasteiger partial charge in [0.1, 0.15) is 11.9 Å². The molecule has 0 aromatic heterocycles. The van der Waals surface area contributed by atoms with Gasteiger partial charge in [0.05, 0.1) is 17.1 Å². The summed E-state index contributed by atoms with van der Waals surface area (Å²) in [5.41, 5.74) is 0.381. The van der Waals surface area contributed by atoms with Crippen LogP contribution in [-0.2, 0) is 21.4 Å². The fourth-order valence-corrected chi connectivity index (χ4v) is 8.13. The van der Waals surface area contributed by atoms with E-state index >= 15 is 0 Å². The summed E-state index contributed by atoms with van der Waals surface area (Å²) in [5.74, 6) is -0.296. The van der Waals surface area contributed by atoms with E-state index in [9.17, 15) is 27.9 Å². The highest BCUT2D eigenvalue weighted by atomic mass is 19.4. The number of likely N-dealkylation sites (tertiary alicyclic amines) is 1. The van der Waals surface area contributed by atoms with E-state index in [0.29, 0.717) is 49.3 Å². The van der Waals surface area contributed by atoms with Gasteiger partial charge in [0, 0.05) is 31.1 Å². The van der Waals surface area contributed by atoms with Gasteiger partial charge in [-0.25, -0.2) is 0 Å². The van der Waals surface area contributed by atoms with Crippen LogP contribution in [0.15, 0.2) is 42.5 Å². The fourth-order valence-electron chi connectivity index (χ4n) is 8.13. The molecule has 5 atom stereocenters. The van der Waals surface area contributed by atoms with Gasteiger partial charge in [-0.3, -0.25) is 9.59 Å². The molecule has 2 aliphatic carbocycles. The number of esters is 1. The molecular weight excluding hydrogens is 577 g/mol. The molecule has 1 saturated heterocycles. The number of hydrogen-bond donors (Lipinski definition) is 1. The Balaban J connectivity index is 1.38. The summed E-state index contributed by atoms with van der Waals surface area (Å²) in [4.78, 5) is 29.9. The molecular formula is C33H37F3N2O6. The number of rotatable bonds is 7. The number of amides is 1. The smallest absolute Gasteiger partial charge is 0.483 e. The van der Waals surface area contributed by atoms with Crippen LogP contribution >= 0.6 is 0 Å². The van der Waals surface area contributed by atoms with E-state index in [1.165, 1.54) is 37.3 Å². The Labute approximate surface area is 254 Å². The lowest BCUT2D eigenvalue weighted by Crippen LogP contribution is -2.78. The zero-order chi connectivity index (χ0) is 31.6. The predicted octanol–water partition coefficient (Wildman–Crippen LogP) is 4.86. The molecule has 1 saturated carbocycles. The van der Waals surface area contributed by atoms with Gasteiger partial charge in [-0.1, -0.05) is 32.0 Å². The third kappa shape index (κ3) is 4.94. The maximum atomic E-state index is 13.9. The van der Waals surface area contributed by atoms with E-state index in [1.807, 2.05) is 27.0 Å². The molecule has 0 unspecified atom stereocenters. The number of halogens is 3. The first kappa shape index (κ1) is 30.5. The Morgan fingerprint density at radius 2 is 2.00 bits per heavy atom. The third-order valence-corrected chi connectivity index (χ3v) is 9.69. The molecule has 4 aliphatic rings. The van der Waals surface area contributed by atoms with Gasteiger partial charge >= 0.3 is 12.3 Å². The van der Waals surface area contributed by atoms with Crippen molar-refractivity contribution >= 4 is 18.0 Å². The lowest BCUT2D eigenvalue weighted by Gasteiger charge is -2.64. The fraction of sp³-hybridized carbons (Fsp3) is 0.515. The van der Waals surface area contributed by atoms with Crippen LogP contribution in [-0.4, -0.2) is 77.1 Å². The molecule has 0 radical (unpaired) electrons.